The fourth-order valence-electron chi connectivity index (χ4n) is 3.42. The molecule has 2 aromatic heterocycles. The van der Waals surface area contributed by atoms with Gasteiger partial charge in [-0.2, -0.15) is 15.5 Å². The number of aromatic nitrogens is 4. The number of allylic oxidation sites excluding steroid dienone is 3. The topological polar surface area (TPSA) is 111 Å². The van der Waals surface area contributed by atoms with Crippen molar-refractivity contribution in [3.8, 4) is 23.2 Å². The molecule has 0 bridgehead atoms. The van der Waals surface area contributed by atoms with E-state index < -0.39 is 0 Å². The van der Waals surface area contributed by atoms with Crippen LogP contribution in [0.15, 0.2) is 65.7 Å². The van der Waals surface area contributed by atoms with Crippen LogP contribution >= 0.6 is 11.8 Å². The van der Waals surface area contributed by atoms with Gasteiger partial charge in [-0.05, 0) is 49.8 Å². The molecule has 3 aromatic rings. The second-order valence-electron chi connectivity index (χ2n) is 7.44. The van der Waals surface area contributed by atoms with Gasteiger partial charge in [0.05, 0.1) is 22.9 Å². The molecule has 0 radical (unpaired) electrons. The molecule has 1 atom stereocenters. The van der Waals surface area contributed by atoms with E-state index in [1.165, 1.54) is 5.57 Å². The summed E-state index contributed by atoms with van der Waals surface area (Å²) in [6.45, 7) is 4.64. The van der Waals surface area contributed by atoms with Crippen molar-refractivity contribution in [1.82, 2.24) is 20.2 Å². The summed E-state index contributed by atoms with van der Waals surface area (Å²) in [6.07, 6.45) is 7.95. The molecule has 0 saturated carbocycles. The van der Waals surface area contributed by atoms with Crippen LogP contribution in [-0.4, -0.2) is 25.4 Å². The summed E-state index contributed by atoms with van der Waals surface area (Å²) >= 11 is 1.64. The molecule has 4 rings (SSSR count). The molecule has 160 valence electrons. The first-order valence-electron chi connectivity index (χ1n) is 10.2. The van der Waals surface area contributed by atoms with Crippen LogP contribution in [0.5, 0.6) is 5.75 Å². The summed E-state index contributed by atoms with van der Waals surface area (Å²) in [5, 5.41) is 18.7. The first-order valence-corrected chi connectivity index (χ1v) is 11.0. The van der Waals surface area contributed by atoms with E-state index in [2.05, 4.69) is 40.1 Å². The van der Waals surface area contributed by atoms with Gasteiger partial charge in [-0.3, -0.25) is 0 Å². The Morgan fingerprint density at radius 3 is 2.75 bits per heavy atom. The molecule has 2 N–H and O–H groups in total. The van der Waals surface area contributed by atoms with Crippen molar-refractivity contribution in [3.05, 3.63) is 82.5 Å². The van der Waals surface area contributed by atoms with Gasteiger partial charge in [0, 0.05) is 41.5 Å². The standard InChI is InChI=1S/C24H22N6OS/c1-15-8-16(2)32-23(10-20(15)21-4-3-7-29-30-21)31-22-9-17(11-25)5-6-19(22)24-27-13-18(12-26)14-28-24/h3-7,9-10,13-14,16H,8,12,26H2,1-2H3/t16-/m1/s1. The van der Waals surface area contributed by atoms with Crippen LogP contribution in [0.3, 0.4) is 0 Å². The zero-order valence-electron chi connectivity index (χ0n) is 17.8. The molecule has 0 amide bonds. The number of hydrogen-bond acceptors (Lipinski definition) is 8. The van der Waals surface area contributed by atoms with Gasteiger partial charge in [0.1, 0.15) is 5.75 Å². The summed E-state index contributed by atoms with van der Waals surface area (Å²) in [4.78, 5) is 8.86. The molecule has 1 aromatic carbocycles. The Hall–Kier alpha value is -3.54. The molecule has 3 heterocycles. The minimum Gasteiger partial charge on any atom is -0.450 e. The van der Waals surface area contributed by atoms with Crippen molar-refractivity contribution in [2.75, 3.05) is 0 Å². The molecular formula is C24H22N6OS. The van der Waals surface area contributed by atoms with E-state index in [0.717, 1.165) is 23.3 Å². The number of thioether (sulfide) groups is 1. The molecule has 1 aliphatic rings. The van der Waals surface area contributed by atoms with Crippen LogP contribution in [0.2, 0.25) is 0 Å². The number of rotatable bonds is 5. The minimum absolute atomic E-state index is 0.304. The van der Waals surface area contributed by atoms with Gasteiger partial charge < -0.3 is 10.5 Å². The number of nitriles is 1. The molecule has 8 heteroatoms. The van der Waals surface area contributed by atoms with Gasteiger partial charge in [0.15, 0.2) is 10.9 Å². The third kappa shape index (κ3) is 4.85. The fraction of sp³-hybridized carbons (Fsp3) is 0.208. The smallest absolute Gasteiger partial charge is 0.162 e. The number of ether oxygens (including phenoxy) is 1. The van der Waals surface area contributed by atoms with Gasteiger partial charge in [0.25, 0.3) is 0 Å². The molecule has 7 nitrogen and oxygen atoms in total. The molecule has 0 saturated heterocycles. The third-order valence-electron chi connectivity index (χ3n) is 4.98. The Balaban J connectivity index is 1.75. The van der Waals surface area contributed by atoms with Crippen LogP contribution in [0.1, 0.15) is 37.1 Å². The molecular weight excluding hydrogens is 420 g/mol. The number of nitrogens with zero attached hydrogens (tertiary/aromatic N) is 5. The van der Waals surface area contributed by atoms with Crippen molar-refractivity contribution in [1.29, 1.82) is 5.26 Å². The molecule has 0 spiro atoms. The summed E-state index contributed by atoms with van der Waals surface area (Å²) < 4.78 is 6.38. The van der Waals surface area contributed by atoms with Crippen molar-refractivity contribution in [2.45, 2.75) is 32.1 Å². The average Bonchev–Trinajstić information content (AvgIpc) is 2.96. The first-order chi connectivity index (χ1) is 15.6. The lowest BCUT2D eigenvalue weighted by molar-refractivity contribution is 0.467. The van der Waals surface area contributed by atoms with Gasteiger partial charge in [0.2, 0.25) is 0 Å². The largest absolute Gasteiger partial charge is 0.450 e. The summed E-state index contributed by atoms with van der Waals surface area (Å²) in [5.41, 5.74) is 10.7. The lowest BCUT2D eigenvalue weighted by Crippen LogP contribution is -2.02. The normalized spacial score (nSPS) is 16.2. The quantitative estimate of drug-likeness (QED) is 0.616. The lowest BCUT2D eigenvalue weighted by atomic mass is 10.0. The maximum absolute atomic E-state index is 9.42. The predicted octanol–water partition coefficient (Wildman–Crippen LogP) is 4.48. The van der Waals surface area contributed by atoms with Crippen LogP contribution < -0.4 is 10.5 Å². The number of benzene rings is 1. The van der Waals surface area contributed by atoms with E-state index in [0.29, 0.717) is 39.6 Å². The van der Waals surface area contributed by atoms with Gasteiger partial charge >= 0.3 is 0 Å². The second-order valence-corrected chi connectivity index (χ2v) is 8.89. The van der Waals surface area contributed by atoms with Crippen LogP contribution in [0, 0.1) is 11.3 Å². The van der Waals surface area contributed by atoms with E-state index in [4.69, 9.17) is 10.5 Å². The van der Waals surface area contributed by atoms with Gasteiger partial charge in [-0.1, -0.05) is 24.3 Å². The Morgan fingerprint density at radius 2 is 2.06 bits per heavy atom. The number of hydrogen-bond donors (Lipinski definition) is 1. The highest BCUT2D eigenvalue weighted by atomic mass is 32.2. The van der Waals surface area contributed by atoms with Crippen LogP contribution in [-0.2, 0) is 6.54 Å². The number of nitrogens with two attached hydrogens (primary N) is 1. The molecule has 0 aliphatic carbocycles. The lowest BCUT2D eigenvalue weighted by Gasteiger charge is -2.15. The van der Waals surface area contributed by atoms with E-state index >= 15 is 0 Å². The zero-order chi connectivity index (χ0) is 22.5. The SMILES string of the molecule is CC1=C(c2cccnn2)C=C(Oc2cc(C#N)ccc2-c2ncc(CN)cn2)S[C@H](C)C1. The highest BCUT2D eigenvalue weighted by Gasteiger charge is 2.20. The third-order valence-corrected chi connectivity index (χ3v) is 5.99. The Morgan fingerprint density at radius 1 is 1.25 bits per heavy atom. The Labute approximate surface area is 191 Å². The maximum Gasteiger partial charge on any atom is 0.162 e. The van der Waals surface area contributed by atoms with Crippen molar-refractivity contribution < 1.29 is 4.74 Å². The van der Waals surface area contributed by atoms with Gasteiger partial charge in [-0.15, -0.1) is 0 Å². The average molecular weight is 443 g/mol. The van der Waals surface area contributed by atoms with E-state index in [9.17, 15) is 5.26 Å². The maximum atomic E-state index is 9.42. The van der Waals surface area contributed by atoms with E-state index in [-0.39, 0.29) is 0 Å². The summed E-state index contributed by atoms with van der Waals surface area (Å²) in [6, 6.07) is 11.2. The second kappa shape index (κ2) is 9.73. The Bertz CT molecular complexity index is 1220. The highest BCUT2D eigenvalue weighted by molar-refractivity contribution is 8.03. The highest BCUT2D eigenvalue weighted by Crippen LogP contribution is 2.39. The van der Waals surface area contributed by atoms with E-state index in [1.54, 1.807) is 48.6 Å². The summed E-state index contributed by atoms with van der Waals surface area (Å²) in [7, 11) is 0. The first kappa shape index (κ1) is 21.7. The van der Waals surface area contributed by atoms with Crippen LogP contribution in [0.25, 0.3) is 17.0 Å². The predicted molar refractivity (Wildman–Crippen MR) is 125 cm³/mol. The Kier molecular flexibility index (Phi) is 6.59. The van der Waals surface area contributed by atoms with Crippen molar-refractivity contribution >= 4 is 17.3 Å². The molecule has 0 unspecified atom stereocenters. The monoisotopic (exact) mass is 442 g/mol. The van der Waals surface area contributed by atoms with Crippen LogP contribution in [0.4, 0.5) is 0 Å². The molecule has 32 heavy (non-hydrogen) atoms. The van der Waals surface area contributed by atoms with Crippen molar-refractivity contribution in [2.24, 2.45) is 5.73 Å². The van der Waals surface area contributed by atoms with Crippen molar-refractivity contribution in [3.63, 3.8) is 0 Å². The van der Waals surface area contributed by atoms with Gasteiger partial charge in [-0.25, -0.2) is 9.97 Å². The summed E-state index contributed by atoms with van der Waals surface area (Å²) in [5.74, 6) is 1.03. The fourth-order valence-corrected chi connectivity index (χ4v) is 4.47. The van der Waals surface area contributed by atoms with E-state index in [1.807, 2.05) is 18.2 Å². The molecule has 1 aliphatic heterocycles. The molecule has 0 fully saturated rings. The minimum atomic E-state index is 0.304. The zero-order valence-corrected chi connectivity index (χ0v) is 18.6.